The molecule has 0 bridgehead atoms. The highest BCUT2D eigenvalue weighted by molar-refractivity contribution is 5.78. The van der Waals surface area contributed by atoms with E-state index in [1.165, 1.54) is 0 Å². The Balaban J connectivity index is 2.60. The van der Waals surface area contributed by atoms with Crippen molar-refractivity contribution in [3.05, 3.63) is 0 Å². The summed E-state index contributed by atoms with van der Waals surface area (Å²) in [5.74, 6) is -0.881. The molecule has 116 valence electrons. The minimum Gasteiger partial charge on any atom is -0.481 e. The zero-order valence-corrected chi connectivity index (χ0v) is 12.6. The van der Waals surface area contributed by atoms with Crippen molar-refractivity contribution in [1.29, 1.82) is 0 Å². The molecule has 0 aromatic rings. The first-order chi connectivity index (χ1) is 9.26. The molecular formula is C14H26N2O4. The molecule has 0 aliphatic carbocycles. The van der Waals surface area contributed by atoms with E-state index in [1.54, 1.807) is 11.8 Å². The highest BCUT2D eigenvalue weighted by atomic mass is 16.4. The van der Waals surface area contributed by atoms with Crippen LogP contribution in [0.5, 0.6) is 0 Å². The summed E-state index contributed by atoms with van der Waals surface area (Å²) in [5, 5.41) is 22.0. The maximum absolute atomic E-state index is 12.1. The Kier molecular flexibility index (Phi) is 5.39. The van der Waals surface area contributed by atoms with Gasteiger partial charge in [0, 0.05) is 13.1 Å². The Labute approximate surface area is 120 Å². The minimum atomic E-state index is -0.909. The predicted molar refractivity (Wildman–Crippen MR) is 75.5 cm³/mol. The number of aliphatic hydroxyl groups is 1. The third-order valence-electron chi connectivity index (χ3n) is 4.35. The molecule has 0 saturated carbocycles. The van der Waals surface area contributed by atoms with Crippen molar-refractivity contribution < 1.29 is 19.8 Å². The highest BCUT2D eigenvalue weighted by Crippen LogP contribution is 2.26. The summed E-state index contributed by atoms with van der Waals surface area (Å²) >= 11 is 0. The maximum atomic E-state index is 12.1. The summed E-state index contributed by atoms with van der Waals surface area (Å²) in [4.78, 5) is 25.0. The normalized spacial score (nSPS) is 23.5. The Morgan fingerprint density at radius 1 is 1.35 bits per heavy atom. The monoisotopic (exact) mass is 286 g/mol. The number of nitrogens with zero attached hydrogens (tertiary/aromatic N) is 1. The molecule has 0 radical (unpaired) electrons. The van der Waals surface area contributed by atoms with Gasteiger partial charge in [0.05, 0.1) is 17.6 Å². The van der Waals surface area contributed by atoms with Crippen molar-refractivity contribution >= 4 is 12.0 Å². The zero-order valence-electron chi connectivity index (χ0n) is 12.6. The Morgan fingerprint density at radius 3 is 2.40 bits per heavy atom. The van der Waals surface area contributed by atoms with Gasteiger partial charge in [0.25, 0.3) is 0 Å². The number of urea groups is 1. The molecule has 6 nitrogen and oxygen atoms in total. The number of hydrogen-bond donors (Lipinski definition) is 3. The van der Waals surface area contributed by atoms with E-state index in [1.807, 2.05) is 13.8 Å². The van der Waals surface area contributed by atoms with E-state index in [4.69, 9.17) is 0 Å². The molecule has 0 aromatic heterocycles. The van der Waals surface area contributed by atoms with Crippen molar-refractivity contribution in [2.75, 3.05) is 19.6 Å². The molecule has 1 aliphatic rings. The second kappa shape index (κ2) is 6.43. The van der Waals surface area contributed by atoms with Crippen LogP contribution in [0.25, 0.3) is 0 Å². The number of carbonyl (C=O) groups excluding carboxylic acids is 1. The van der Waals surface area contributed by atoms with E-state index >= 15 is 0 Å². The highest BCUT2D eigenvalue weighted by Gasteiger charge is 2.36. The SMILES string of the molecule is CCC(CC)(CNC(=O)N1CCCC(C)(O)C1)C(=O)O. The average molecular weight is 286 g/mol. The van der Waals surface area contributed by atoms with Crippen LogP contribution in [0, 0.1) is 5.41 Å². The standard InChI is InChI=1S/C14H26N2O4/c1-4-14(5-2,11(17)18)9-15-12(19)16-8-6-7-13(3,20)10-16/h20H,4-10H2,1-3H3,(H,15,19)(H,17,18). The van der Waals surface area contributed by atoms with Gasteiger partial charge in [0.1, 0.15) is 0 Å². The van der Waals surface area contributed by atoms with Gasteiger partial charge in [0.15, 0.2) is 0 Å². The number of piperidine rings is 1. The molecule has 1 rings (SSSR count). The molecular weight excluding hydrogens is 260 g/mol. The van der Waals surface area contributed by atoms with Crippen LogP contribution in [0.3, 0.4) is 0 Å². The number of likely N-dealkylation sites (tertiary alicyclic amines) is 1. The maximum Gasteiger partial charge on any atom is 0.317 e. The van der Waals surface area contributed by atoms with Gasteiger partial charge in [-0.25, -0.2) is 4.79 Å². The van der Waals surface area contributed by atoms with Crippen LogP contribution in [0.2, 0.25) is 0 Å². The van der Waals surface area contributed by atoms with Crippen LogP contribution in [-0.4, -0.2) is 52.3 Å². The number of hydrogen-bond acceptors (Lipinski definition) is 3. The fraction of sp³-hybridized carbons (Fsp3) is 0.857. The number of rotatable bonds is 5. The third-order valence-corrected chi connectivity index (χ3v) is 4.35. The smallest absolute Gasteiger partial charge is 0.317 e. The van der Waals surface area contributed by atoms with Gasteiger partial charge in [-0.15, -0.1) is 0 Å². The lowest BCUT2D eigenvalue weighted by Crippen LogP contribution is -2.53. The van der Waals surface area contributed by atoms with E-state index in [2.05, 4.69) is 5.32 Å². The molecule has 1 unspecified atom stereocenters. The van der Waals surface area contributed by atoms with Gasteiger partial charge in [-0.05, 0) is 32.6 Å². The summed E-state index contributed by atoms with van der Waals surface area (Å²) in [7, 11) is 0. The molecule has 3 N–H and O–H groups in total. The number of amides is 2. The molecule has 1 saturated heterocycles. The van der Waals surface area contributed by atoms with Gasteiger partial charge >= 0.3 is 12.0 Å². The van der Waals surface area contributed by atoms with E-state index in [-0.39, 0.29) is 19.1 Å². The summed E-state index contributed by atoms with van der Waals surface area (Å²) in [6.45, 7) is 6.35. The first-order valence-electron chi connectivity index (χ1n) is 7.25. The Bertz CT molecular complexity index is 364. The van der Waals surface area contributed by atoms with Crippen molar-refractivity contribution in [2.45, 2.75) is 52.1 Å². The molecule has 1 heterocycles. The summed E-state index contributed by atoms with van der Waals surface area (Å²) in [5.41, 5.74) is -1.76. The van der Waals surface area contributed by atoms with Gasteiger partial charge < -0.3 is 20.4 Å². The third kappa shape index (κ3) is 3.85. The molecule has 1 fully saturated rings. The number of carboxylic acid groups (broad SMARTS) is 1. The fourth-order valence-corrected chi connectivity index (χ4v) is 2.63. The van der Waals surface area contributed by atoms with Gasteiger partial charge in [-0.2, -0.15) is 0 Å². The zero-order chi connectivity index (χ0) is 15.4. The van der Waals surface area contributed by atoms with Crippen LogP contribution in [0.1, 0.15) is 46.5 Å². The fourth-order valence-electron chi connectivity index (χ4n) is 2.63. The van der Waals surface area contributed by atoms with E-state index in [0.717, 1.165) is 6.42 Å². The first kappa shape index (κ1) is 16.8. The lowest BCUT2D eigenvalue weighted by molar-refractivity contribution is -0.149. The van der Waals surface area contributed by atoms with Crippen molar-refractivity contribution in [2.24, 2.45) is 5.41 Å². The number of β-amino-alcohol motifs (C(OH)–C–C–N with tert-alkyl or cyclic N) is 1. The Hall–Kier alpha value is -1.30. The summed E-state index contributed by atoms with van der Waals surface area (Å²) in [6, 6.07) is -0.294. The van der Waals surface area contributed by atoms with Crippen molar-refractivity contribution in [3.63, 3.8) is 0 Å². The first-order valence-corrected chi connectivity index (χ1v) is 7.25. The number of carbonyl (C=O) groups is 2. The second-order valence-electron chi connectivity index (χ2n) is 5.97. The molecule has 1 aliphatic heterocycles. The predicted octanol–water partition coefficient (Wildman–Crippen LogP) is 1.43. The molecule has 0 aromatic carbocycles. The summed E-state index contributed by atoms with van der Waals surface area (Å²) in [6.07, 6.45) is 2.37. The van der Waals surface area contributed by atoms with Crippen molar-refractivity contribution in [1.82, 2.24) is 10.2 Å². The average Bonchev–Trinajstić information content (AvgIpc) is 2.38. The van der Waals surface area contributed by atoms with E-state index < -0.39 is 17.0 Å². The Morgan fingerprint density at radius 2 is 1.95 bits per heavy atom. The number of aliphatic carboxylic acids is 1. The number of nitrogens with one attached hydrogen (secondary N) is 1. The molecule has 20 heavy (non-hydrogen) atoms. The summed E-state index contributed by atoms with van der Waals surface area (Å²) < 4.78 is 0. The molecule has 0 spiro atoms. The minimum absolute atomic E-state index is 0.118. The van der Waals surface area contributed by atoms with Gasteiger partial charge in [-0.1, -0.05) is 13.8 Å². The van der Waals surface area contributed by atoms with Gasteiger partial charge in [0.2, 0.25) is 0 Å². The molecule has 2 amide bonds. The number of carboxylic acids is 1. The van der Waals surface area contributed by atoms with E-state index in [0.29, 0.717) is 25.8 Å². The van der Waals surface area contributed by atoms with Gasteiger partial charge in [-0.3, -0.25) is 4.79 Å². The quantitative estimate of drug-likeness (QED) is 0.713. The second-order valence-corrected chi connectivity index (χ2v) is 5.97. The topological polar surface area (TPSA) is 89.9 Å². The van der Waals surface area contributed by atoms with Crippen molar-refractivity contribution in [3.8, 4) is 0 Å². The largest absolute Gasteiger partial charge is 0.481 e. The molecule has 1 atom stereocenters. The molecule has 6 heteroatoms. The lowest BCUT2D eigenvalue weighted by atomic mass is 9.82. The van der Waals surface area contributed by atoms with Crippen LogP contribution < -0.4 is 5.32 Å². The van der Waals surface area contributed by atoms with Crippen LogP contribution in [0.4, 0.5) is 4.79 Å². The van der Waals surface area contributed by atoms with Crippen LogP contribution in [0.15, 0.2) is 0 Å². The van der Waals surface area contributed by atoms with Crippen LogP contribution in [-0.2, 0) is 4.79 Å². The van der Waals surface area contributed by atoms with E-state index in [9.17, 15) is 19.8 Å². The van der Waals surface area contributed by atoms with Crippen LogP contribution >= 0.6 is 0 Å². The lowest BCUT2D eigenvalue weighted by Gasteiger charge is -2.37.